The molecule has 1 saturated carbocycles. The van der Waals surface area contributed by atoms with Crippen molar-refractivity contribution in [2.45, 2.75) is 39.3 Å². The van der Waals surface area contributed by atoms with Gasteiger partial charge in [0, 0.05) is 50.9 Å². The molecule has 6 rings (SSSR count). The number of nitrogens with one attached hydrogen (secondary N) is 1. The number of nitrogens with two attached hydrogens (primary N) is 1. The monoisotopic (exact) mass is 631 g/mol. The van der Waals surface area contributed by atoms with Crippen LogP contribution < -0.4 is 20.9 Å². The van der Waals surface area contributed by atoms with Gasteiger partial charge in [-0.3, -0.25) is 10.1 Å². The van der Waals surface area contributed by atoms with Crippen molar-refractivity contribution >= 4 is 29.1 Å². The summed E-state index contributed by atoms with van der Waals surface area (Å²) in [7, 11) is 0. The van der Waals surface area contributed by atoms with E-state index in [9.17, 15) is 9.59 Å². The molecule has 2 amide bonds. The molecular weight excluding hydrogens is 586 g/mol. The normalized spacial score (nSPS) is 14.5. The fourth-order valence-corrected chi connectivity index (χ4v) is 6.27. The molecule has 1 heterocycles. The van der Waals surface area contributed by atoms with Crippen LogP contribution in [0.15, 0.2) is 97.1 Å². The minimum Gasteiger partial charge on any atom is -0.444 e. The number of carbonyl (C=O) groups is 2. The van der Waals surface area contributed by atoms with Crippen molar-refractivity contribution in [1.29, 1.82) is 0 Å². The summed E-state index contributed by atoms with van der Waals surface area (Å²) >= 11 is 0. The van der Waals surface area contributed by atoms with E-state index in [1.807, 2.05) is 47.4 Å². The molecular formula is C39H45N5O3. The summed E-state index contributed by atoms with van der Waals surface area (Å²) in [5, 5.41) is 3.06. The number of nitrogens with zero attached hydrogens (tertiary/aromatic N) is 3. The van der Waals surface area contributed by atoms with Crippen molar-refractivity contribution < 1.29 is 14.3 Å². The second-order valence-corrected chi connectivity index (χ2v) is 12.6. The molecule has 0 unspecified atom stereocenters. The van der Waals surface area contributed by atoms with E-state index in [1.165, 1.54) is 11.3 Å². The van der Waals surface area contributed by atoms with Gasteiger partial charge in [0.25, 0.3) is 0 Å². The van der Waals surface area contributed by atoms with Crippen molar-refractivity contribution in [3.63, 3.8) is 0 Å². The molecule has 2 aliphatic rings. The third kappa shape index (κ3) is 8.32. The van der Waals surface area contributed by atoms with Gasteiger partial charge < -0.3 is 25.2 Å². The average Bonchev–Trinajstić information content (AvgIpc) is 3.96. The second kappa shape index (κ2) is 15.2. The Morgan fingerprint density at radius 3 is 2.21 bits per heavy atom. The zero-order valence-corrected chi connectivity index (χ0v) is 27.2. The van der Waals surface area contributed by atoms with Crippen LogP contribution in [-0.2, 0) is 22.7 Å². The summed E-state index contributed by atoms with van der Waals surface area (Å²) in [5.74, 6) is 0.397. The van der Waals surface area contributed by atoms with Gasteiger partial charge in [-0.1, -0.05) is 72.8 Å². The third-order valence-electron chi connectivity index (χ3n) is 9.03. The van der Waals surface area contributed by atoms with E-state index >= 15 is 0 Å². The summed E-state index contributed by atoms with van der Waals surface area (Å²) < 4.78 is 5.63. The maximum Gasteiger partial charge on any atom is 0.412 e. The highest BCUT2D eigenvalue weighted by Crippen LogP contribution is 2.35. The first kappa shape index (κ1) is 32.1. The van der Waals surface area contributed by atoms with Crippen LogP contribution in [0.1, 0.15) is 36.0 Å². The molecule has 8 nitrogen and oxygen atoms in total. The smallest absolute Gasteiger partial charge is 0.412 e. The maximum absolute atomic E-state index is 13.1. The molecule has 4 aromatic carbocycles. The molecule has 1 aliphatic heterocycles. The zero-order valence-electron chi connectivity index (χ0n) is 27.2. The van der Waals surface area contributed by atoms with Crippen molar-refractivity contribution in [3.8, 4) is 11.1 Å². The molecule has 0 radical (unpaired) electrons. The van der Waals surface area contributed by atoms with Gasteiger partial charge in [-0.15, -0.1) is 0 Å². The number of para-hydroxylation sites is 1. The number of piperazine rings is 1. The Labute approximate surface area is 278 Å². The Hall–Kier alpha value is -4.82. The standard InChI is InChI=1S/C39H45N5O3/c1-29-9-5-6-14-36(29)42-21-23-43(24-22-42)37-18-17-34(26-35(37)41-39(46)47-28-30-10-3-2-4-11-30)33-13-7-12-31(25-33)27-44(20-8-19-40)38(45)32-15-16-32/h2-7,9-14,17-18,25-26,32H,8,15-16,19-24,27-28,40H2,1H3,(H,41,46). The first-order chi connectivity index (χ1) is 23.0. The van der Waals surface area contributed by atoms with E-state index in [1.54, 1.807) is 0 Å². The molecule has 2 fully saturated rings. The SMILES string of the molecule is Cc1ccccc1N1CCN(c2ccc(-c3cccc(CN(CCCN)C(=O)C4CC4)c3)cc2NC(=O)OCc2ccccc2)CC1. The van der Waals surface area contributed by atoms with E-state index in [0.717, 1.165) is 73.4 Å². The molecule has 47 heavy (non-hydrogen) atoms. The van der Waals surface area contributed by atoms with Crippen molar-refractivity contribution in [2.24, 2.45) is 11.7 Å². The quantitative estimate of drug-likeness (QED) is 0.178. The number of aryl methyl sites for hydroxylation is 1. The van der Waals surface area contributed by atoms with Gasteiger partial charge in [0.15, 0.2) is 0 Å². The number of amides is 2. The maximum atomic E-state index is 13.1. The van der Waals surface area contributed by atoms with Crippen LogP contribution >= 0.6 is 0 Å². The molecule has 244 valence electrons. The van der Waals surface area contributed by atoms with Gasteiger partial charge in [-0.2, -0.15) is 0 Å². The Kier molecular flexibility index (Phi) is 10.4. The average molecular weight is 632 g/mol. The first-order valence-corrected chi connectivity index (χ1v) is 16.7. The minimum atomic E-state index is -0.492. The van der Waals surface area contributed by atoms with Crippen LogP contribution in [0.4, 0.5) is 21.9 Å². The molecule has 1 saturated heterocycles. The van der Waals surface area contributed by atoms with Crippen molar-refractivity contribution in [3.05, 3.63) is 114 Å². The highest BCUT2D eigenvalue weighted by Gasteiger charge is 2.33. The third-order valence-corrected chi connectivity index (χ3v) is 9.03. The summed E-state index contributed by atoms with van der Waals surface area (Å²) in [6.07, 6.45) is 2.26. The fraction of sp³-hybridized carbons (Fsp3) is 0.333. The Balaban J connectivity index is 1.22. The molecule has 0 aromatic heterocycles. The van der Waals surface area contributed by atoms with Crippen LogP contribution in [0.25, 0.3) is 11.1 Å². The van der Waals surface area contributed by atoms with E-state index in [-0.39, 0.29) is 18.4 Å². The lowest BCUT2D eigenvalue weighted by Crippen LogP contribution is -2.47. The number of rotatable bonds is 12. The topological polar surface area (TPSA) is 91.1 Å². The molecule has 0 bridgehead atoms. The largest absolute Gasteiger partial charge is 0.444 e. The Morgan fingerprint density at radius 1 is 0.809 bits per heavy atom. The van der Waals surface area contributed by atoms with Gasteiger partial charge >= 0.3 is 6.09 Å². The number of benzene rings is 4. The van der Waals surface area contributed by atoms with Gasteiger partial charge in [0.2, 0.25) is 5.91 Å². The summed E-state index contributed by atoms with van der Waals surface area (Å²) in [6, 6.07) is 32.8. The lowest BCUT2D eigenvalue weighted by atomic mass is 10.0. The molecule has 1 aliphatic carbocycles. The lowest BCUT2D eigenvalue weighted by molar-refractivity contribution is -0.133. The Morgan fingerprint density at radius 2 is 1.49 bits per heavy atom. The highest BCUT2D eigenvalue weighted by molar-refractivity contribution is 5.92. The van der Waals surface area contributed by atoms with Crippen molar-refractivity contribution in [1.82, 2.24) is 4.90 Å². The predicted molar refractivity (Wildman–Crippen MR) is 190 cm³/mol. The zero-order chi connectivity index (χ0) is 32.6. The van der Waals surface area contributed by atoms with Gasteiger partial charge in [0.1, 0.15) is 6.61 Å². The van der Waals surface area contributed by atoms with Crippen molar-refractivity contribution in [2.75, 3.05) is 54.4 Å². The van der Waals surface area contributed by atoms with Crippen LogP contribution in [0, 0.1) is 12.8 Å². The summed E-state index contributed by atoms with van der Waals surface area (Å²) in [6.45, 7) is 7.55. The minimum absolute atomic E-state index is 0.164. The van der Waals surface area contributed by atoms with Gasteiger partial charge in [0.05, 0.1) is 11.4 Å². The lowest BCUT2D eigenvalue weighted by Gasteiger charge is -2.38. The molecule has 8 heteroatoms. The fourth-order valence-electron chi connectivity index (χ4n) is 6.27. The summed E-state index contributed by atoms with van der Waals surface area (Å²) in [4.78, 5) is 32.8. The van der Waals surface area contributed by atoms with E-state index in [2.05, 4.69) is 76.6 Å². The van der Waals surface area contributed by atoms with Gasteiger partial charge in [-0.25, -0.2) is 4.79 Å². The van der Waals surface area contributed by atoms with E-state index in [0.29, 0.717) is 25.3 Å². The molecule has 0 spiro atoms. The molecule has 4 aromatic rings. The van der Waals surface area contributed by atoms with Crippen LogP contribution in [0.2, 0.25) is 0 Å². The molecule has 0 atom stereocenters. The second-order valence-electron chi connectivity index (χ2n) is 12.6. The number of carbonyl (C=O) groups excluding carboxylic acids is 2. The van der Waals surface area contributed by atoms with Crippen LogP contribution in [-0.4, -0.2) is 56.2 Å². The van der Waals surface area contributed by atoms with Crippen LogP contribution in [0.3, 0.4) is 0 Å². The number of ether oxygens (including phenoxy) is 1. The first-order valence-electron chi connectivity index (χ1n) is 16.7. The summed E-state index contributed by atoms with van der Waals surface area (Å²) in [5.41, 5.74) is 14.0. The Bertz CT molecular complexity index is 1660. The van der Waals surface area contributed by atoms with E-state index < -0.39 is 6.09 Å². The number of anilines is 3. The molecule has 3 N–H and O–H groups in total. The van der Waals surface area contributed by atoms with Crippen LogP contribution in [0.5, 0.6) is 0 Å². The number of hydrogen-bond acceptors (Lipinski definition) is 6. The highest BCUT2D eigenvalue weighted by atomic mass is 16.5. The van der Waals surface area contributed by atoms with Gasteiger partial charge in [-0.05, 0) is 84.8 Å². The number of hydrogen-bond donors (Lipinski definition) is 2. The predicted octanol–water partition coefficient (Wildman–Crippen LogP) is 6.82. The van der Waals surface area contributed by atoms with E-state index in [4.69, 9.17) is 10.5 Å².